The van der Waals surface area contributed by atoms with E-state index in [0.29, 0.717) is 48.8 Å². The average Bonchev–Trinajstić information content (AvgIpc) is 2.94. The molecular weight excluding hydrogens is 500 g/mol. The summed E-state index contributed by atoms with van der Waals surface area (Å²) in [6, 6.07) is 18.6. The maximum absolute atomic E-state index is 13.1. The van der Waals surface area contributed by atoms with E-state index in [-0.39, 0.29) is 16.9 Å². The van der Waals surface area contributed by atoms with Gasteiger partial charge in [0.05, 0.1) is 14.2 Å². The third-order valence-corrected chi connectivity index (χ3v) is 6.86. The number of carbonyl (C=O) groups excluding carboxylic acids is 2. The maximum atomic E-state index is 13.1. The zero-order valence-electron chi connectivity index (χ0n) is 22.0. The maximum Gasteiger partial charge on any atom is 0.257 e. The lowest BCUT2D eigenvalue weighted by atomic mass is 10.1. The molecular formula is C29H32N4O4S. The highest BCUT2D eigenvalue weighted by molar-refractivity contribution is 7.80. The summed E-state index contributed by atoms with van der Waals surface area (Å²) in [5, 5.41) is 6.03. The van der Waals surface area contributed by atoms with E-state index >= 15 is 0 Å². The highest BCUT2D eigenvalue weighted by Gasteiger charge is 2.23. The van der Waals surface area contributed by atoms with Crippen LogP contribution in [-0.4, -0.2) is 62.2 Å². The first-order chi connectivity index (χ1) is 18.3. The molecule has 0 spiro atoms. The molecule has 0 saturated carbocycles. The van der Waals surface area contributed by atoms with Crippen LogP contribution in [0.3, 0.4) is 0 Å². The number of hydrogen-bond donors (Lipinski definition) is 2. The Morgan fingerprint density at radius 2 is 1.42 bits per heavy atom. The Kier molecular flexibility index (Phi) is 8.48. The molecule has 0 aliphatic carbocycles. The van der Waals surface area contributed by atoms with Crippen LogP contribution in [0.25, 0.3) is 0 Å². The van der Waals surface area contributed by atoms with Gasteiger partial charge in [0.25, 0.3) is 11.8 Å². The van der Waals surface area contributed by atoms with E-state index in [0.717, 1.165) is 22.5 Å². The zero-order valence-corrected chi connectivity index (χ0v) is 22.9. The standard InChI is InChI=1S/C29H32N4O4S/c1-19-5-6-21(15-20(19)2)27(34)31-29(38)30-23-7-9-24(10-8-23)32-11-13-33(14-12-32)28(35)22-16-25(36-3)18-26(17-22)37-4/h5-10,15-18H,11-14H2,1-4H3,(H2,30,31,34,38). The summed E-state index contributed by atoms with van der Waals surface area (Å²) in [6.07, 6.45) is 0. The van der Waals surface area contributed by atoms with Crippen LogP contribution in [0, 0.1) is 13.8 Å². The number of thiocarbonyl (C=S) groups is 1. The van der Waals surface area contributed by atoms with Crippen LogP contribution in [0.4, 0.5) is 11.4 Å². The minimum atomic E-state index is -0.248. The Morgan fingerprint density at radius 1 is 0.789 bits per heavy atom. The van der Waals surface area contributed by atoms with Crippen molar-refractivity contribution in [2.75, 3.05) is 50.6 Å². The van der Waals surface area contributed by atoms with Gasteiger partial charge in [-0.3, -0.25) is 14.9 Å². The summed E-state index contributed by atoms with van der Waals surface area (Å²) in [5.41, 5.74) is 5.13. The van der Waals surface area contributed by atoms with Crippen molar-refractivity contribution >= 4 is 40.5 Å². The second kappa shape index (κ2) is 12.0. The van der Waals surface area contributed by atoms with Gasteiger partial charge in [0.15, 0.2) is 5.11 Å². The number of benzene rings is 3. The molecule has 198 valence electrons. The Balaban J connectivity index is 1.30. The van der Waals surface area contributed by atoms with E-state index in [9.17, 15) is 9.59 Å². The van der Waals surface area contributed by atoms with Crippen LogP contribution < -0.4 is 25.0 Å². The van der Waals surface area contributed by atoms with Crippen molar-refractivity contribution in [2.24, 2.45) is 0 Å². The lowest BCUT2D eigenvalue weighted by molar-refractivity contribution is 0.0745. The minimum absolute atomic E-state index is 0.0437. The number of hydrogen-bond acceptors (Lipinski definition) is 6. The van der Waals surface area contributed by atoms with Gasteiger partial charge in [-0.05, 0) is 85.7 Å². The molecule has 1 saturated heterocycles. The Labute approximate surface area is 228 Å². The van der Waals surface area contributed by atoms with Gasteiger partial charge < -0.3 is 24.6 Å². The van der Waals surface area contributed by atoms with Gasteiger partial charge in [-0.15, -0.1) is 0 Å². The summed E-state index contributed by atoms with van der Waals surface area (Å²) in [4.78, 5) is 29.7. The topological polar surface area (TPSA) is 83.1 Å². The number of carbonyl (C=O) groups is 2. The smallest absolute Gasteiger partial charge is 0.257 e. The highest BCUT2D eigenvalue weighted by atomic mass is 32.1. The molecule has 0 aromatic heterocycles. The molecule has 1 aliphatic rings. The molecule has 0 unspecified atom stereocenters. The number of amides is 2. The van der Waals surface area contributed by atoms with Crippen LogP contribution in [0.15, 0.2) is 60.7 Å². The van der Waals surface area contributed by atoms with Crippen LogP contribution in [-0.2, 0) is 0 Å². The van der Waals surface area contributed by atoms with Crippen LogP contribution >= 0.6 is 12.2 Å². The van der Waals surface area contributed by atoms with Crippen molar-refractivity contribution in [3.05, 3.63) is 82.9 Å². The number of nitrogens with zero attached hydrogens (tertiary/aromatic N) is 2. The molecule has 0 bridgehead atoms. The molecule has 0 atom stereocenters. The van der Waals surface area contributed by atoms with Crippen molar-refractivity contribution in [3.63, 3.8) is 0 Å². The predicted octanol–water partition coefficient (Wildman–Crippen LogP) is 4.41. The molecule has 38 heavy (non-hydrogen) atoms. The van der Waals surface area contributed by atoms with Crippen molar-refractivity contribution < 1.29 is 19.1 Å². The lowest BCUT2D eigenvalue weighted by Gasteiger charge is -2.36. The number of aryl methyl sites for hydroxylation is 2. The molecule has 0 radical (unpaired) electrons. The van der Waals surface area contributed by atoms with Gasteiger partial charge in [-0.2, -0.15) is 0 Å². The van der Waals surface area contributed by atoms with Crippen LogP contribution in [0.5, 0.6) is 11.5 Å². The van der Waals surface area contributed by atoms with E-state index in [2.05, 4.69) is 15.5 Å². The fraction of sp³-hybridized carbons (Fsp3) is 0.276. The molecule has 9 heteroatoms. The first-order valence-corrected chi connectivity index (χ1v) is 12.7. The monoisotopic (exact) mass is 532 g/mol. The Morgan fingerprint density at radius 3 is 2.00 bits per heavy atom. The number of anilines is 2. The molecule has 3 aromatic rings. The fourth-order valence-electron chi connectivity index (χ4n) is 4.26. The molecule has 2 amide bonds. The van der Waals surface area contributed by atoms with E-state index in [1.165, 1.54) is 0 Å². The van der Waals surface area contributed by atoms with Gasteiger partial charge in [-0.1, -0.05) is 6.07 Å². The Bertz CT molecular complexity index is 1310. The third kappa shape index (κ3) is 6.41. The van der Waals surface area contributed by atoms with Gasteiger partial charge >= 0.3 is 0 Å². The minimum Gasteiger partial charge on any atom is -0.497 e. The third-order valence-electron chi connectivity index (χ3n) is 6.65. The highest BCUT2D eigenvalue weighted by Crippen LogP contribution is 2.25. The summed E-state index contributed by atoms with van der Waals surface area (Å²) >= 11 is 5.33. The van der Waals surface area contributed by atoms with Gasteiger partial charge in [0, 0.05) is 54.7 Å². The van der Waals surface area contributed by atoms with Crippen molar-refractivity contribution in [1.82, 2.24) is 10.2 Å². The number of nitrogens with one attached hydrogen (secondary N) is 2. The average molecular weight is 533 g/mol. The molecule has 8 nitrogen and oxygen atoms in total. The Hall–Kier alpha value is -4.11. The zero-order chi connectivity index (χ0) is 27.2. The number of rotatable bonds is 6. The van der Waals surface area contributed by atoms with Crippen molar-refractivity contribution in [2.45, 2.75) is 13.8 Å². The van der Waals surface area contributed by atoms with Gasteiger partial charge in [-0.25, -0.2) is 0 Å². The molecule has 1 heterocycles. The summed E-state index contributed by atoms with van der Waals surface area (Å²) in [7, 11) is 3.14. The van der Waals surface area contributed by atoms with Crippen LogP contribution in [0.2, 0.25) is 0 Å². The van der Waals surface area contributed by atoms with E-state index in [1.54, 1.807) is 38.5 Å². The lowest BCUT2D eigenvalue weighted by Crippen LogP contribution is -2.48. The quantitative estimate of drug-likeness (QED) is 0.455. The molecule has 3 aromatic carbocycles. The van der Waals surface area contributed by atoms with E-state index < -0.39 is 0 Å². The summed E-state index contributed by atoms with van der Waals surface area (Å²) in [6.45, 7) is 6.61. The summed E-state index contributed by atoms with van der Waals surface area (Å²) < 4.78 is 10.6. The second-order valence-electron chi connectivity index (χ2n) is 9.13. The van der Waals surface area contributed by atoms with Crippen molar-refractivity contribution in [3.8, 4) is 11.5 Å². The molecule has 1 aliphatic heterocycles. The SMILES string of the molecule is COc1cc(OC)cc(C(=O)N2CCN(c3ccc(NC(=S)NC(=O)c4ccc(C)c(C)c4)cc3)CC2)c1. The van der Waals surface area contributed by atoms with Gasteiger partial charge in [0.1, 0.15) is 11.5 Å². The molecule has 4 rings (SSSR count). The van der Waals surface area contributed by atoms with E-state index in [4.69, 9.17) is 21.7 Å². The molecule has 2 N–H and O–H groups in total. The first kappa shape index (κ1) is 26.9. The predicted molar refractivity (Wildman–Crippen MR) is 154 cm³/mol. The fourth-order valence-corrected chi connectivity index (χ4v) is 4.47. The summed E-state index contributed by atoms with van der Waals surface area (Å²) in [5.74, 6) is 0.883. The second-order valence-corrected chi connectivity index (χ2v) is 9.54. The first-order valence-electron chi connectivity index (χ1n) is 12.3. The van der Waals surface area contributed by atoms with E-state index in [1.807, 2.05) is 55.1 Å². The molecule has 1 fully saturated rings. The van der Waals surface area contributed by atoms with Crippen LogP contribution in [0.1, 0.15) is 31.8 Å². The largest absolute Gasteiger partial charge is 0.497 e. The van der Waals surface area contributed by atoms with Crippen molar-refractivity contribution in [1.29, 1.82) is 0 Å². The normalized spacial score (nSPS) is 13.1. The number of ether oxygens (including phenoxy) is 2. The number of piperazine rings is 1. The number of methoxy groups -OCH3 is 2. The van der Waals surface area contributed by atoms with Gasteiger partial charge in [0.2, 0.25) is 0 Å².